The molecule has 1 saturated heterocycles. The molecule has 1 N–H and O–H groups in total. The zero-order valence-corrected chi connectivity index (χ0v) is 20.7. The van der Waals surface area contributed by atoms with E-state index in [9.17, 15) is 4.79 Å². The van der Waals surface area contributed by atoms with Crippen molar-refractivity contribution in [2.75, 3.05) is 51.8 Å². The van der Waals surface area contributed by atoms with Crippen molar-refractivity contribution in [1.29, 1.82) is 0 Å². The van der Waals surface area contributed by atoms with Gasteiger partial charge >= 0.3 is 0 Å². The Bertz CT molecular complexity index is 921. The minimum atomic E-state index is -0.0420. The predicted octanol–water partition coefficient (Wildman–Crippen LogP) is 4.49. The van der Waals surface area contributed by atoms with Crippen molar-refractivity contribution < 1.29 is 9.53 Å². The third-order valence-corrected chi connectivity index (χ3v) is 7.49. The summed E-state index contributed by atoms with van der Waals surface area (Å²) in [6.07, 6.45) is 2.51. The first-order valence-electron chi connectivity index (χ1n) is 11.2. The van der Waals surface area contributed by atoms with Crippen LogP contribution in [0.25, 0.3) is 0 Å². The molecule has 6 heteroatoms. The number of hydrogen-bond acceptors (Lipinski definition) is 4. The zero-order valence-electron chi connectivity index (χ0n) is 18.5. The molecule has 2 aliphatic rings. The first-order valence-corrected chi connectivity index (χ1v) is 12.3. The molecule has 4 rings (SSSR count). The highest BCUT2D eigenvalue weighted by atomic mass is 127. The topological polar surface area (TPSA) is 44.8 Å². The van der Waals surface area contributed by atoms with Crippen molar-refractivity contribution in [1.82, 2.24) is 9.80 Å². The van der Waals surface area contributed by atoms with Gasteiger partial charge in [0.1, 0.15) is 0 Å². The van der Waals surface area contributed by atoms with Gasteiger partial charge in [0.05, 0.1) is 6.61 Å². The van der Waals surface area contributed by atoms with Gasteiger partial charge in [0, 0.05) is 61.2 Å². The molecular weight excluding hydrogens is 501 g/mol. The Balaban J connectivity index is 1.40. The molecule has 1 aliphatic carbocycles. The molecule has 0 atom stereocenters. The minimum Gasteiger partial charge on any atom is -0.383 e. The Morgan fingerprint density at radius 3 is 2.52 bits per heavy atom. The molecule has 0 bridgehead atoms. The van der Waals surface area contributed by atoms with Crippen molar-refractivity contribution in [2.24, 2.45) is 0 Å². The summed E-state index contributed by atoms with van der Waals surface area (Å²) >= 11 is 2.28. The summed E-state index contributed by atoms with van der Waals surface area (Å²) in [5.74, 6) is 0.606. The standard InChI is InChI=1S/C25H32IN3O2/c1-18-3-4-20(15-24(18)26)25(30)27-22-8-7-21(23(16-22)19-5-6-19)17-29-11-9-28(10-12-29)13-14-31-2/h3-4,7-8,15-16,19H,5-6,9-14,17H2,1-2H3,(H,27,30). The van der Waals surface area contributed by atoms with Crippen LogP contribution in [0, 0.1) is 10.5 Å². The minimum absolute atomic E-state index is 0.0420. The highest BCUT2D eigenvalue weighted by Gasteiger charge is 2.27. The summed E-state index contributed by atoms with van der Waals surface area (Å²) in [4.78, 5) is 17.8. The maximum atomic E-state index is 12.7. The first-order chi connectivity index (χ1) is 15.0. The number of nitrogens with one attached hydrogen (secondary N) is 1. The SMILES string of the molecule is COCCN1CCN(Cc2ccc(NC(=O)c3ccc(C)c(I)c3)cc2C2CC2)CC1. The van der Waals surface area contributed by atoms with E-state index in [1.54, 1.807) is 7.11 Å². The van der Waals surface area contributed by atoms with Crippen LogP contribution in [0.15, 0.2) is 36.4 Å². The van der Waals surface area contributed by atoms with E-state index >= 15 is 0 Å². The lowest BCUT2D eigenvalue weighted by Gasteiger charge is -2.35. The summed E-state index contributed by atoms with van der Waals surface area (Å²) in [6, 6.07) is 12.3. The van der Waals surface area contributed by atoms with Crippen LogP contribution in [0.4, 0.5) is 5.69 Å². The molecule has 31 heavy (non-hydrogen) atoms. The number of methoxy groups -OCH3 is 1. The van der Waals surface area contributed by atoms with Crippen molar-refractivity contribution in [2.45, 2.75) is 32.2 Å². The second kappa shape index (κ2) is 10.4. The fourth-order valence-corrected chi connectivity index (χ4v) is 4.68. The van der Waals surface area contributed by atoms with Crippen molar-refractivity contribution in [3.05, 3.63) is 62.2 Å². The van der Waals surface area contributed by atoms with Gasteiger partial charge < -0.3 is 10.1 Å². The molecule has 1 aliphatic heterocycles. The summed E-state index contributed by atoms with van der Waals surface area (Å²) in [5, 5.41) is 3.11. The highest BCUT2D eigenvalue weighted by Crippen LogP contribution is 2.43. The van der Waals surface area contributed by atoms with Crippen LogP contribution in [0.3, 0.4) is 0 Å². The highest BCUT2D eigenvalue weighted by molar-refractivity contribution is 14.1. The number of ether oxygens (including phenoxy) is 1. The molecule has 1 amide bonds. The number of aryl methyl sites for hydroxylation is 1. The van der Waals surface area contributed by atoms with E-state index in [1.165, 1.54) is 29.5 Å². The number of rotatable bonds is 8. The van der Waals surface area contributed by atoms with Gasteiger partial charge in [-0.2, -0.15) is 0 Å². The van der Waals surface area contributed by atoms with Crippen LogP contribution < -0.4 is 5.32 Å². The van der Waals surface area contributed by atoms with Gasteiger partial charge in [0.25, 0.3) is 5.91 Å². The largest absolute Gasteiger partial charge is 0.383 e. The summed E-state index contributed by atoms with van der Waals surface area (Å²) in [6.45, 7) is 9.28. The molecule has 0 radical (unpaired) electrons. The quantitative estimate of drug-likeness (QED) is 0.508. The van der Waals surface area contributed by atoms with Gasteiger partial charge in [-0.3, -0.25) is 14.6 Å². The number of carbonyl (C=O) groups is 1. The number of piperazine rings is 1. The van der Waals surface area contributed by atoms with Crippen molar-refractivity contribution in [3.8, 4) is 0 Å². The zero-order chi connectivity index (χ0) is 21.8. The number of anilines is 1. The second-order valence-electron chi connectivity index (χ2n) is 8.72. The molecule has 0 aromatic heterocycles. The Morgan fingerprint density at radius 2 is 1.84 bits per heavy atom. The molecule has 166 valence electrons. The summed E-state index contributed by atoms with van der Waals surface area (Å²) < 4.78 is 6.32. The van der Waals surface area contributed by atoms with Gasteiger partial charge in [-0.15, -0.1) is 0 Å². The lowest BCUT2D eigenvalue weighted by molar-refractivity contribution is 0.0937. The Morgan fingerprint density at radius 1 is 1.10 bits per heavy atom. The summed E-state index contributed by atoms with van der Waals surface area (Å²) in [5.41, 5.74) is 5.62. The number of nitrogens with zero attached hydrogens (tertiary/aromatic N) is 2. The number of amides is 1. The molecule has 1 heterocycles. The maximum absolute atomic E-state index is 12.7. The van der Waals surface area contributed by atoms with E-state index in [0.29, 0.717) is 11.5 Å². The van der Waals surface area contributed by atoms with Crippen LogP contribution in [-0.2, 0) is 11.3 Å². The normalized spacial score (nSPS) is 17.6. The van der Waals surface area contributed by atoms with E-state index < -0.39 is 0 Å². The average Bonchev–Trinajstić information content (AvgIpc) is 3.61. The van der Waals surface area contributed by atoms with Crippen LogP contribution in [0.1, 0.15) is 45.8 Å². The smallest absolute Gasteiger partial charge is 0.255 e. The van der Waals surface area contributed by atoms with Crippen LogP contribution in [-0.4, -0.2) is 62.1 Å². The van der Waals surface area contributed by atoms with Crippen LogP contribution in [0.5, 0.6) is 0 Å². The Hall–Kier alpha value is -1.48. The third kappa shape index (κ3) is 6.06. The lowest BCUT2D eigenvalue weighted by atomic mass is 10.0. The molecule has 2 aromatic rings. The average molecular weight is 533 g/mol. The Labute approximate surface area is 199 Å². The molecule has 0 unspecified atom stereocenters. The van der Waals surface area contributed by atoms with Crippen molar-refractivity contribution >= 4 is 34.2 Å². The van der Waals surface area contributed by atoms with Gasteiger partial charge in [0.2, 0.25) is 0 Å². The monoisotopic (exact) mass is 533 g/mol. The second-order valence-corrected chi connectivity index (χ2v) is 9.88. The van der Waals surface area contributed by atoms with E-state index in [2.05, 4.69) is 62.8 Å². The fraction of sp³-hybridized carbons (Fsp3) is 0.480. The first kappa shape index (κ1) is 22.7. The fourth-order valence-electron chi connectivity index (χ4n) is 4.16. The number of carbonyl (C=O) groups excluding carboxylic acids is 1. The molecule has 0 spiro atoms. The number of benzene rings is 2. The van der Waals surface area contributed by atoms with Gasteiger partial charge in [-0.05, 0) is 89.2 Å². The van der Waals surface area contributed by atoms with E-state index in [-0.39, 0.29) is 5.91 Å². The van der Waals surface area contributed by atoms with Crippen molar-refractivity contribution in [3.63, 3.8) is 0 Å². The van der Waals surface area contributed by atoms with E-state index in [4.69, 9.17) is 4.74 Å². The molecule has 1 saturated carbocycles. The molecule has 2 fully saturated rings. The number of halogens is 1. The van der Waals surface area contributed by atoms with Gasteiger partial charge in [-0.1, -0.05) is 12.1 Å². The Kier molecular flexibility index (Phi) is 7.63. The van der Waals surface area contributed by atoms with E-state index in [0.717, 1.165) is 55.1 Å². The van der Waals surface area contributed by atoms with E-state index in [1.807, 2.05) is 18.2 Å². The van der Waals surface area contributed by atoms with Gasteiger partial charge in [0.15, 0.2) is 0 Å². The van der Waals surface area contributed by atoms with Crippen LogP contribution in [0.2, 0.25) is 0 Å². The lowest BCUT2D eigenvalue weighted by Crippen LogP contribution is -2.46. The number of hydrogen-bond donors (Lipinski definition) is 1. The van der Waals surface area contributed by atoms with Crippen LogP contribution >= 0.6 is 22.6 Å². The molecule has 2 aromatic carbocycles. The molecule has 5 nitrogen and oxygen atoms in total. The third-order valence-electron chi connectivity index (χ3n) is 6.33. The molecular formula is C25H32IN3O2. The van der Waals surface area contributed by atoms with Gasteiger partial charge in [-0.25, -0.2) is 0 Å². The predicted molar refractivity (Wildman–Crippen MR) is 134 cm³/mol. The maximum Gasteiger partial charge on any atom is 0.255 e. The summed E-state index contributed by atoms with van der Waals surface area (Å²) in [7, 11) is 1.77.